The second-order valence-corrected chi connectivity index (χ2v) is 4.26. The highest BCUT2D eigenvalue weighted by atomic mass is 35.5. The fourth-order valence-corrected chi connectivity index (χ4v) is 1.16. The van der Waals surface area contributed by atoms with Crippen LogP contribution in [0.25, 0.3) is 0 Å². The van der Waals surface area contributed by atoms with Crippen LogP contribution >= 0.6 is 12.4 Å². The zero-order chi connectivity index (χ0) is 11.1. The summed E-state index contributed by atoms with van der Waals surface area (Å²) in [6.45, 7) is 4.10. The Morgan fingerprint density at radius 3 is 2.75 bits per heavy atom. The summed E-state index contributed by atoms with van der Waals surface area (Å²) < 4.78 is 5.38. The maximum Gasteiger partial charge on any atom is 0.222 e. The molecule has 0 spiro atoms. The molecular weight excluding hydrogens is 228 g/mol. The molecule has 1 saturated carbocycles. The molecule has 0 heterocycles. The number of halogens is 1. The lowest BCUT2D eigenvalue weighted by molar-refractivity contribution is -0.122. The van der Waals surface area contributed by atoms with Crippen molar-refractivity contribution in [1.82, 2.24) is 10.6 Å². The average Bonchev–Trinajstić information content (AvgIpc) is 3.04. The van der Waals surface area contributed by atoms with Gasteiger partial charge in [0.2, 0.25) is 5.91 Å². The first-order chi connectivity index (χ1) is 7.22. The molecule has 5 heteroatoms. The van der Waals surface area contributed by atoms with Crippen molar-refractivity contribution in [1.29, 1.82) is 0 Å². The van der Waals surface area contributed by atoms with E-state index in [1.807, 2.05) is 14.0 Å². The van der Waals surface area contributed by atoms with Crippen molar-refractivity contribution in [3.8, 4) is 0 Å². The average molecular weight is 251 g/mol. The van der Waals surface area contributed by atoms with E-state index in [9.17, 15) is 4.79 Å². The Labute approximate surface area is 104 Å². The molecule has 1 aliphatic rings. The van der Waals surface area contributed by atoms with Crippen molar-refractivity contribution in [2.75, 3.05) is 26.8 Å². The van der Waals surface area contributed by atoms with E-state index in [0.29, 0.717) is 25.6 Å². The van der Waals surface area contributed by atoms with Crippen LogP contribution in [0.3, 0.4) is 0 Å². The predicted octanol–water partition coefficient (Wildman–Crippen LogP) is 0.949. The van der Waals surface area contributed by atoms with E-state index in [1.54, 1.807) is 0 Å². The molecule has 0 radical (unpaired) electrons. The molecule has 0 aliphatic heterocycles. The normalized spacial score (nSPS) is 16.4. The molecule has 0 saturated heterocycles. The van der Waals surface area contributed by atoms with Gasteiger partial charge in [-0.25, -0.2) is 0 Å². The standard InChI is InChI=1S/C11H22N2O2.ClH/c1-9(12-2)7-13-11(14)5-6-15-8-10-3-4-10;/h9-10,12H,3-8H2,1-2H3,(H,13,14);1H. The highest BCUT2D eigenvalue weighted by molar-refractivity contribution is 5.85. The molecule has 0 aromatic heterocycles. The van der Waals surface area contributed by atoms with E-state index < -0.39 is 0 Å². The van der Waals surface area contributed by atoms with Crippen LogP contribution in [-0.4, -0.2) is 38.8 Å². The van der Waals surface area contributed by atoms with Crippen LogP contribution in [-0.2, 0) is 9.53 Å². The van der Waals surface area contributed by atoms with Gasteiger partial charge in [0.15, 0.2) is 0 Å². The molecule has 0 bridgehead atoms. The Bertz CT molecular complexity index is 198. The van der Waals surface area contributed by atoms with E-state index >= 15 is 0 Å². The number of hydrogen-bond donors (Lipinski definition) is 2. The molecule has 2 N–H and O–H groups in total. The topological polar surface area (TPSA) is 50.4 Å². The van der Waals surface area contributed by atoms with Gasteiger partial charge in [-0.2, -0.15) is 0 Å². The summed E-state index contributed by atoms with van der Waals surface area (Å²) in [6, 6.07) is 0.321. The number of likely N-dealkylation sites (N-methyl/N-ethyl adjacent to an activating group) is 1. The van der Waals surface area contributed by atoms with E-state index in [2.05, 4.69) is 10.6 Å². The summed E-state index contributed by atoms with van der Waals surface area (Å²) in [5, 5.41) is 5.92. The second-order valence-electron chi connectivity index (χ2n) is 4.26. The van der Waals surface area contributed by atoms with Gasteiger partial charge in [0, 0.05) is 25.6 Å². The molecule has 1 fully saturated rings. The van der Waals surface area contributed by atoms with E-state index in [0.717, 1.165) is 12.5 Å². The van der Waals surface area contributed by atoms with E-state index in [4.69, 9.17) is 4.74 Å². The first kappa shape index (κ1) is 15.7. The van der Waals surface area contributed by atoms with Gasteiger partial charge >= 0.3 is 0 Å². The largest absolute Gasteiger partial charge is 0.381 e. The third-order valence-corrected chi connectivity index (χ3v) is 2.62. The summed E-state index contributed by atoms with van der Waals surface area (Å²) in [6.07, 6.45) is 3.07. The minimum atomic E-state index is 0. The van der Waals surface area contributed by atoms with Gasteiger partial charge in [0.1, 0.15) is 0 Å². The van der Waals surface area contributed by atoms with Gasteiger partial charge < -0.3 is 15.4 Å². The van der Waals surface area contributed by atoms with Crippen molar-refractivity contribution < 1.29 is 9.53 Å². The lowest BCUT2D eigenvalue weighted by atomic mass is 10.3. The highest BCUT2D eigenvalue weighted by Crippen LogP contribution is 2.28. The maximum absolute atomic E-state index is 11.3. The highest BCUT2D eigenvalue weighted by Gasteiger charge is 2.21. The van der Waals surface area contributed by atoms with Gasteiger partial charge in [-0.05, 0) is 32.7 Å². The van der Waals surface area contributed by atoms with Crippen LogP contribution < -0.4 is 10.6 Å². The summed E-state index contributed by atoms with van der Waals surface area (Å²) in [4.78, 5) is 11.3. The SMILES string of the molecule is CNC(C)CNC(=O)CCOCC1CC1.Cl. The van der Waals surface area contributed by atoms with Crippen LogP contribution in [0.5, 0.6) is 0 Å². The quantitative estimate of drug-likeness (QED) is 0.631. The van der Waals surface area contributed by atoms with Crippen LogP contribution in [0.4, 0.5) is 0 Å². The minimum absolute atomic E-state index is 0. The Hall–Kier alpha value is -0.320. The summed E-state index contributed by atoms with van der Waals surface area (Å²) in [5.74, 6) is 0.852. The van der Waals surface area contributed by atoms with Crippen LogP contribution in [0.2, 0.25) is 0 Å². The number of carbonyl (C=O) groups excluding carboxylic acids is 1. The first-order valence-corrected chi connectivity index (χ1v) is 5.74. The van der Waals surface area contributed by atoms with Crippen LogP contribution in [0.15, 0.2) is 0 Å². The third kappa shape index (κ3) is 7.91. The molecule has 4 nitrogen and oxygen atoms in total. The number of rotatable bonds is 8. The lowest BCUT2D eigenvalue weighted by Gasteiger charge is -2.11. The first-order valence-electron chi connectivity index (χ1n) is 5.74. The van der Waals surface area contributed by atoms with Crippen LogP contribution in [0, 0.1) is 5.92 Å². The van der Waals surface area contributed by atoms with E-state index in [-0.39, 0.29) is 18.3 Å². The number of nitrogens with one attached hydrogen (secondary N) is 2. The molecule has 96 valence electrons. The van der Waals surface area contributed by atoms with Crippen molar-refractivity contribution in [2.24, 2.45) is 5.92 Å². The zero-order valence-corrected chi connectivity index (χ0v) is 10.9. The van der Waals surface area contributed by atoms with Crippen molar-refractivity contribution in [2.45, 2.75) is 32.2 Å². The molecule has 16 heavy (non-hydrogen) atoms. The summed E-state index contributed by atoms with van der Waals surface area (Å²) in [5.41, 5.74) is 0. The number of amides is 1. The van der Waals surface area contributed by atoms with Crippen molar-refractivity contribution >= 4 is 18.3 Å². The Morgan fingerprint density at radius 1 is 1.50 bits per heavy atom. The predicted molar refractivity (Wildman–Crippen MR) is 66.9 cm³/mol. The summed E-state index contributed by atoms with van der Waals surface area (Å²) in [7, 11) is 1.88. The van der Waals surface area contributed by atoms with Gasteiger partial charge in [-0.1, -0.05) is 0 Å². The van der Waals surface area contributed by atoms with Crippen molar-refractivity contribution in [3.05, 3.63) is 0 Å². The lowest BCUT2D eigenvalue weighted by Crippen LogP contribution is -2.37. The monoisotopic (exact) mass is 250 g/mol. The molecule has 0 aromatic rings. The van der Waals surface area contributed by atoms with Gasteiger partial charge in [0.05, 0.1) is 6.61 Å². The fourth-order valence-electron chi connectivity index (χ4n) is 1.16. The molecule has 1 aliphatic carbocycles. The Balaban J connectivity index is 0.00000225. The zero-order valence-electron chi connectivity index (χ0n) is 10.1. The number of carbonyl (C=O) groups is 1. The molecule has 1 unspecified atom stereocenters. The van der Waals surface area contributed by atoms with E-state index in [1.165, 1.54) is 12.8 Å². The van der Waals surface area contributed by atoms with Crippen LogP contribution in [0.1, 0.15) is 26.2 Å². The molecule has 1 atom stereocenters. The Kier molecular flexibility index (Phi) is 8.61. The van der Waals surface area contributed by atoms with Gasteiger partial charge in [-0.3, -0.25) is 4.79 Å². The Morgan fingerprint density at radius 2 is 2.19 bits per heavy atom. The molecular formula is C11H23ClN2O2. The second kappa shape index (κ2) is 8.79. The molecule has 1 rings (SSSR count). The molecule has 1 amide bonds. The van der Waals surface area contributed by atoms with Gasteiger partial charge in [0.25, 0.3) is 0 Å². The minimum Gasteiger partial charge on any atom is -0.381 e. The number of hydrogen-bond acceptors (Lipinski definition) is 3. The fraction of sp³-hybridized carbons (Fsp3) is 0.909. The maximum atomic E-state index is 11.3. The van der Waals surface area contributed by atoms with Gasteiger partial charge in [-0.15, -0.1) is 12.4 Å². The number of ether oxygens (including phenoxy) is 1. The van der Waals surface area contributed by atoms with Crippen molar-refractivity contribution in [3.63, 3.8) is 0 Å². The smallest absolute Gasteiger partial charge is 0.222 e. The molecule has 0 aromatic carbocycles. The third-order valence-electron chi connectivity index (χ3n) is 2.62. The summed E-state index contributed by atoms with van der Waals surface area (Å²) >= 11 is 0.